The van der Waals surface area contributed by atoms with Crippen molar-refractivity contribution in [1.82, 2.24) is 4.90 Å². The van der Waals surface area contributed by atoms with E-state index in [9.17, 15) is 13.2 Å². The van der Waals surface area contributed by atoms with Crippen LogP contribution in [0.5, 0.6) is 0 Å². The monoisotopic (exact) mass is 375 g/mol. The number of furan rings is 1. The highest BCUT2D eigenvalue weighted by Crippen LogP contribution is 2.27. The minimum absolute atomic E-state index is 0.00000121. The van der Waals surface area contributed by atoms with Crippen molar-refractivity contribution >= 4 is 15.7 Å². The standard InChI is InChI=1S/C20H25NO4S/c1-21(18-9-12-26(23,24)13-10-18)20(22)15-17(19-8-5-11-25-19)14-16-6-3-2-4-7-16/h2-8,11,17-18H,9-10,12-15H2,1H3. The van der Waals surface area contributed by atoms with E-state index in [2.05, 4.69) is 12.1 Å². The highest BCUT2D eigenvalue weighted by atomic mass is 32.2. The molecule has 1 aliphatic rings. The first kappa shape index (κ1) is 18.7. The van der Waals surface area contributed by atoms with Gasteiger partial charge < -0.3 is 9.32 Å². The molecule has 0 saturated carbocycles. The number of amides is 1. The number of sulfone groups is 1. The van der Waals surface area contributed by atoms with Crippen LogP contribution in [0.2, 0.25) is 0 Å². The summed E-state index contributed by atoms with van der Waals surface area (Å²) in [7, 11) is -1.14. The van der Waals surface area contributed by atoms with Gasteiger partial charge in [0.15, 0.2) is 0 Å². The summed E-state index contributed by atoms with van der Waals surface area (Å²) in [5.41, 5.74) is 1.16. The summed E-state index contributed by atoms with van der Waals surface area (Å²) < 4.78 is 28.8. The second-order valence-electron chi connectivity index (χ2n) is 6.99. The third-order valence-electron chi connectivity index (χ3n) is 5.16. The van der Waals surface area contributed by atoms with Crippen molar-refractivity contribution in [1.29, 1.82) is 0 Å². The molecule has 1 fully saturated rings. The molecule has 2 aromatic rings. The maximum absolute atomic E-state index is 12.8. The van der Waals surface area contributed by atoms with Crippen molar-refractivity contribution in [3.8, 4) is 0 Å². The number of carbonyl (C=O) groups excluding carboxylic acids is 1. The summed E-state index contributed by atoms with van der Waals surface area (Å²) in [6.07, 6.45) is 3.76. The molecule has 1 aliphatic heterocycles. The van der Waals surface area contributed by atoms with Crippen LogP contribution in [0.15, 0.2) is 53.1 Å². The Hall–Kier alpha value is -2.08. The van der Waals surface area contributed by atoms with Crippen LogP contribution >= 0.6 is 0 Å². The lowest BCUT2D eigenvalue weighted by atomic mass is 9.93. The number of hydrogen-bond donors (Lipinski definition) is 0. The first-order valence-electron chi connectivity index (χ1n) is 8.98. The van der Waals surface area contributed by atoms with Crippen LogP contribution in [0.25, 0.3) is 0 Å². The molecule has 6 heteroatoms. The molecule has 0 bridgehead atoms. The molecule has 1 amide bonds. The topological polar surface area (TPSA) is 67.6 Å². The predicted molar refractivity (Wildman–Crippen MR) is 101 cm³/mol. The van der Waals surface area contributed by atoms with E-state index in [4.69, 9.17) is 4.42 Å². The van der Waals surface area contributed by atoms with Crippen LogP contribution in [0.1, 0.15) is 36.5 Å². The molecule has 140 valence electrons. The lowest BCUT2D eigenvalue weighted by Crippen LogP contribution is -2.42. The van der Waals surface area contributed by atoms with E-state index >= 15 is 0 Å². The van der Waals surface area contributed by atoms with Crippen molar-refractivity contribution in [2.45, 2.75) is 37.6 Å². The largest absolute Gasteiger partial charge is 0.469 e. The average Bonchev–Trinajstić information content (AvgIpc) is 3.16. The highest BCUT2D eigenvalue weighted by Gasteiger charge is 2.30. The second kappa shape index (κ2) is 8.08. The third-order valence-corrected chi connectivity index (χ3v) is 6.87. The molecule has 0 aliphatic carbocycles. The molecular weight excluding hydrogens is 350 g/mol. The molecule has 1 saturated heterocycles. The van der Waals surface area contributed by atoms with Crippen LogP contribution in [-0.4, -0.2) is 43.8 Å². The summed E-state index contributed by atoms with van der Waals surface area (Å²) >= 11 is 0. The van der Waals surface area contributed by atoms with E-state index in [0.29, 0.717) is 19.3 Å². The van der Waals surface area contributed by atoms with Gasteiger partial charge in [-0.05, 0) is 37.0 Å². The normalized spacial score (nSPS) is 18.3. The van der Waals surface area contributed by atoms with Gasteiger partial charge in [0.2, 0.25) is 5.91 Å². The van der Waals surface area contributed by atoms with E-state index in [1.165, 1.54) is 0 Å². The fourth-order valence-electron chi connectivity index (χ4n) is 3.52. The minimum Gasteiger partial charge on any atom is -0.469 e. The van der Waals surface area contributed by atoms with Crippen LogP contribution in [0.3, 0.4) is 0 Å². The van der Waals surface area contributed by atoms with Crippen LogP contribution in [0, 0.1) is 0 Å². The molecular formula is C20H25NO4S. The third kappa shape index (κ3) is 4.75. The van der Waals surface area contributed by atoms with Gasteiger partial charge in [0.1, 0.15) is 15.6 Å². The Kier molecular flexibility index (Phi) is 5.81. The minimum atomic E-state index is -2.93. The lowest BCUT2D eigenvalue weighted by Gasteiger charge is -2.32. The fraction of sp³-hybridized carbons (Fsp3) is 0.450. The first-order valence-corrected chi connectivity index (χ1v) is 10.8. The molecule has 0 spiro atoms. The molecule has 0 N–H and O–H groups in total. The number of rotatable bonds is 6. The zero-order valence-electron chi connectivity index (χ0n) is 15.0. The Morgan fingerprint density at radius 1 is 1.15 bits per heavy atom. The second-order valence-corrected chi connectivity index (χ2v) is 9.30. The Labute approximate surface area is 154 Å². The summed E-state index contributed by atoms with van der Waals surface area (Å²) in [4.78, 5) is 14.6. The first-order chi connectivity index (χ1) is 12.4. The van der Waals surface area contributed by atoms with Crippen molar-refractivity contribution < 1.29 is 17.6 Å². The zero-order valence-corrected chi connectivity index (χ0v) is 15.8. The van der Waals surface area contributed by atoms with Crippen LogP contribution in [0.4, 0.5) is 0 Å². The SMILES string of the molecule is CN(C(=O)CC(Cc1ccccc1)c1ccco1)C1CCS(=O)(=O)CC1. The Balaban J connectivity index is 1.67. The fourth-order valence-corrected chi connectivity index (χ4v) is 4.99. The van der Waals surface area contributed by atoms with Gasteiger partial charge in [-0.2, -0.15) is 0 Å². The number of hydrogen-bond acceptors (Lipinski definition) is 4. The maximum Gasteiger partial charge on any atom is 0.223 e. The molecule has 3 rings (SSSR count). The maximum atomic E-state index is 12.8. The van der Waals surface area contributed by atoms with Crippen LogP contribution < -0.4 is 0 Å². The lowest BCUT2D eigenvalue weighted by molar-refractivity contribution is -0.132. The molecule has 2 heterocycles. The van der Waals surface area contributed by atoms with Gasteiger partial charge >= 0.3 is 0 Å². The summed E-state index contributed by atoms with van der Waals surface area (Å²) in [5, 5.41) is 0. The molecule has 1 unspecified atom stereocenters. The van der Waals surface area contributed by atoms with Gasteiger partial charge in [0, 0.05) is 25.4 Å². The quantitative estimate of drug-likeness (QED) is 0.778. The van der Waals surface area contributed by atoms with Crippen molar-refractivity contribution in [3.05, 3.63) is 60.1 Å². The van der Waals surface area contributed by atoms with E-state index in [1.54, 1.807) is 18.2 Å². The molecule has 26 heavy (non-hydrogen) atoms. The molecule has 1 atom stereocenters. The van der Waals surface area contributed by atoms with Gasteiger partial charge in [-0.3, -0.25) is 4.79 Å². The van der Waals surface area contributed by atoms with E-state index in [1.807, 2.05) is 30.3 Å². The summed E-state index contributed by atoms with van der Waals surface area (Å²) in [6.45, 7) is 0. The van der Waals surface area contributed by atoms with Gasteiger partial charge in [0.25, 0.3) is 0 Å². The Morgan fingerprint density at radius 3 is 2.46 bits per heavy atom. The predicted octanol–water partition coefficient (Wildman–Crippen LogP) is 3.03. The highest BCUT2D eigenvalue weighted by molar-refractivity contribution is 7.91. The summed E-state index contributed by atoms with van der Waals surface area (Å²) in [6, 6.07) is 13.8. The van der Waals surface area contributed by atoms with Gasteiger partial charge in [-0.1, -0.05) is 30.3 Å². The average molecular weight is 375 g/mol. The summed E-state index contributed by atoms with van der Waals surface area (Å²) in [5.74, 6) is 1.14. The molecule has 1 aromatic carbocycles. The Morgan fingerprint density at radius 2 is 1.85 bits per heavy atom. The van der Waals surface area contributed by atoms with Crippen molar-refractivity contribution in [2.75, 3.05) is 18.6 Å². The van der Waals surface area contributed by atoms with E-state index in [-0.39, 0.29) is 29.4 Å². The van der Waals surface area contributed by atoms with Crippen molar-refractivity contribution in [3.63, 3.8) is 0 Å². The number of benzene rings is 1. The molecule has 1 aromatic heterocycles. The van der Waals surface area contributed by atoms with E-state index < -0.39 is 9.84 Å². The number of carbonyl (C=O) groups is 1. The molecule has 0 radical (unpaired) electrons. The Bertz CT molecular complexity index is 801. The van der Waals surface area contributed by atoms with Gasteiger partial charge in [0.05, 0.1) is 17.8 Å². The van der Waals surface area contributed by atoms with Crippen LogP contribution in [-0.2, 0) is 21.1 Å². The number of nitrogens with zero attached hydrogens (tertiary/aromatic N) is 1. The van der Waals surface area contributed by atoms with Crippen molar-refractivity contribution in [2.24, 2.45) is 0 Å². The van der Waals surface area contributed by atoms with Gasteiger partial charge in [-0.15, -0.1) is 0 Å². The smallest absolute Gasteiger partial charge is 0.223 e. The zero-order chi connectivity index (χ0) is 18.6. The molecule has 5 nitrogen and oxygen atoms in total. The van der Waals surface area contributed by atoms with Gasteiger partial charge in [-0.25, -0.2) is 8.42 Å². The van der Waals surface area contributed by atoms with E-state index in [0.717, 1.165) is 17.7 Å².